The van der Waals surface area contributed by atoms with Crippen LogP contribution in [0.2, 0.25) is 0 Å². The second-order valence-corrected chi connectivity index (χ2v) is 8.01. The Hall–Kier alpha value is -2.06. The van der Waals surface area contributed by atoms with Crippen LogP contribution in [-0.4, -0.2) is 67.3 Å². The highest BCUT2D eigenvalue weighted by atomic mass is 15.3. The highest BCUT2D eigenvalue weighted by Gasteiger charge is 2.26. The predicted octanol–water partition coefficient (Wildman–Crippen LogP) is 2.01. The van der Waals surface area contributed by atoms with E-state index in [9.17, 15) is 0 Å². The molecule has 0 aliphatic carbocycles. The lowest BCUT2D eigenvalue weighted by Gasteiger charge is -2.31. The summed E-state index contributed by atoms with van der Waals surface area (Å²) in [7, 11) is 2.14. The number of piperidine rings is 1. The van der Waals surface area contributed by atoms with Crippen LogP contribution in [0.4, 0.5) is 5.95 Å². The van der Waals surface area contributed by atoms with Gasteiger partial charge in [-0.15, -0.1) is 10.2 Å². The van der Waals surface area contributed by atoms with Crippen LogP contribution in [0.1, 0.15) is 55.7 Å². The fourth-order valence-corrected chi connectivity index (χ4v) is 4.30. The summed E-state index contributed by atoms with van der Waals surface area (Å²) in [5, 5.41) is 12.2. The van der Waals surface area contributed by atoms with Crippen molar-refractivity contribution in [2.45, 2.75) is 51.6 Å². The van der Waals surface area contributed by atoms with Gasteiger partial charge in [0.1, 0.15) is 11.6 Å². The maximum absolute atomic E-state index is 4.56. The van der Waals surface area contributed by atoms with Gasteiger partial charge in [-0.25, -0.2) is 9.97 Å². The van der Waals surface area contributed by atoms with Crippen LogP contribution in [0.3, 0.4) is 0 Å². The minimum Gasteiger partial charge on any atom is -0.355 e. The van der Waals surface area contributed by atoms with E-state index >= 15 is 0 Å². The van der Waals surface area contributed by atoms with Crippen LogP contribution < -0.4 is 5.32 Å². The average Bonchev–Trinajstić information content (AvgIpc) is 3.35. The number of aromatic nitrogens is 5. The Morgan fingerprint density at radius 3 is 2.32 bits per heavy atom. The van der Waals surface area contributed by atoms with Crippen molar-refractivity contribution in [3.05, 3.63) is 29.6 Å². The fraction of sp³-hybridized carbons (Fsp3) is 0.700. The van der Waals surface area contributed by atoms with E-state index < -0.39 is 0 Å². The van der Waals surface area contributed by atoms with Crippen LogP contribution >= 0.6 is 0 Å². The Bertz CT molecular complexity index is 742. The summed E-state index contributed by atoms with van der Waals surface area (Å²) in [4.78, 5) is 13.7. The average molecular weight is 385 g/mol. The molecular weight excluding hydrogens is 352 g/mol. The number of hydrogen-bond acceptors (Lipinski definition) is 7. The third-order valence-corrected chi connectivity index (χ3v) is 5.96. The largest absolute Gasteiger partial charge is 0.355 e. The lowest BCUT2D eigenvalue weighted by atomic mass is 9.95. The van der Waals surface area contributed by atoms with Gasteiger partial charge in [0, 0.05) is 44.0 Å². The van der Waals surface area contributed by atoms with Gasteiger partial charge in [-0.3, -0.25) is 9.80 Å². The van der Waals surface area contributed by atoms with Gasteiger partial charge in [-0.2, -0.15) is 0 Å². The van der Waals surface area contributed by atoms with Gasteiger partial charge in [0.25, 0.3) is 0 Å². The van der Waals surface area contributed by atoms with Gasteiger partial charge in [0.2, 0.25) is 5.95 Å². The SMILES string of the molecule is CCNc1ncc(CN2CCC(c3nnc(CN4CCCC4)n3C)CC2)cn1. The first-order valence-corrected chi connectivity index (χ1v) is 10.6. The molecule has 28 heavy (non-hydrogen) atoms. The minimum absolute atomic E-state index is 0.508. The molecule has 2 fully saturated rings. The summed E-state index contributed by atoms with van der Waals surface area (Å²) in [5.41, 5.74) is 1.17. The van der Waals surface area contributed by atoms with Gasteiger partial charge < -0.3 is 9.88 Å². The Kier molecular flexibility index (Phi) is 6.17. The lowest BCUT2D eigenvalue weighted by molar-refractivity contribution is 0.200. The first-order chi connectivity index (χ1) is 13.7. The van der Waals surface area contributed by atoms with Crippen molar-refractivity contribution in [3.63, 3.8) is 0 Å². The first kappa shape index (κ1) is 19.3. The molecule has 0 atom stereocenters. The molecule has 2 aromatic heterocycles. The van der Waals surface area contributed by atoms with Gasteiger partial charge in [0.05, 0.1) is 6.54 Å². The van der Waals surface area contributed by atoms with Crippen molar-refractivity contribution in [2.75, 3.05) is 38.0 Å². The molecule has 4 rings (SSSR count). The summed E-state index contributed by atoms with van der Waals surface area (Å²) in [5.74, 6) is 3.48. The zero-order chi connectivity index (χ0) is 19.3. The number of nitrogens with zero attached hydrogens (tertiary/aromatic N) is 7. The number of nitrogens with one attached hydrogen (secondary N) is 1. The molecule has 8 nitrogen and oxygen atoms in total. The molecule has 1 N–H and O–H groups in total. The summed E-state index contributed by atoms with van der Waals surface area (Å²) in [6, 6.07) is 0. The Balaban J connectivity index is 1.29. The second-order valence-electron chi connectivity index (χ2n) is 8.01. The normalized spacial score (nSPS) is 19.4. The zero-order valence-corrected chi connectivity index (χ0v) is 17.1. The summed E-state index contributed by atoms with van der Waals surface area (Å²) >= 11 is 0. The van der Waals surface area contributed by atoms with Gasteiger partial charge in [0.15, 0.2) is 0 Å². The van der Waals surface area contributed by atoms with Crippen molar-refractivity contribution in [1.82, 2.24) is 34.5 Å². The van der Waals surface area contributed by atoms with Crippen LogP contribution in [0.5, 0.6) is 0 Å². The van der Waals surface area contributed by atoms with Crippen LogP contribution in [0, 0.1) is 0 Å². The van der Waals surface area contributed by atoms with Crippen molar-refractivity contribution in [2.24, 2.45) is 7.05 Å². The van der Waals surface area contributed by atoms with Crippen LogP contribution in [-0.2, 0) is 20.1 Å². The summed E-state index contributed by atoms with van der Waals surface area (Å²) < 4.78 is 2.24. The van der Waals surface area contributed by atoms with Crippen LogP contribution in [0.25, 0.3) is 0 Å². The Labute approximate surface area is 167 Å². The molecule has 0 radical (unpaired) electrons. The van der Waals surface area contributed by atoms with Crippen LogP contribution in [0.15, 0.2) is 12.4 Å². The molecule has 152 valence electrons. The van der Waals surface area contributed by atoms with E-state index in [-0.39, 0.29) is 0 Å². The highest BCUT2D eigenvalue weighted by Crippen LogP contribution is 2.28. The number of anilines is 1. The summed E-state index contributed by atoms with van der Waals surface area (Å²) in [6.45, 7) is 9.29. The quantitative estimate of drug-likeness (QED) is 0.783. The maximum Gasteiger partial charge on any atom is 0.222 e. The number of likely N-dealkylation sites (tertiary alicyclic amines) is 2. The minimum atomic E-state index is 0.508. The molecule has 0 amide bonds. The highest BCUT2D eigenvalue weighted by molar-refractivity contribution is 5.24. The van der Waals surface area contributed by atoms with Gasteiger partial charge >= 0.3 is 0 Å². The topological polar surface area (TPSA) is 75.0 Å². The van der Waals surface area contributed by atoms with E-state index in [1.165, 1.54) is 31.5 Å². The van der Waals surface area contributed by atoms with Crippen molar-refractivity contribution < 1.29 is 0 Å². The van der Waals surface area contributed by atoms with Gasteiger partial charge in [-0.05, 0) is 58.8 Å². The monoisotopic (exact) mass is 384 g/mol. The van der Waals surface area contributed by atoms with Crippen molar-refractivity contribution >= 4 is 5.95 Å². The van der Waals surface area contributed by atoms with E-state index in [0.29, 0.717) is 11.9 Å². The molecule has 2 aromatic rings. The predicted molar refractivity (Wildman–Crippen MR) is 109 cm³/mol. The van der Waals surface area contributed by atoms with E-state index in [2.05, 4.69) is 46.9 Å². The van der Waals surface area contributed by atoms with E-state index in [1.807, 2.05) is 19.3 Å². The van der Waals surface area contributed by atoms with E-state index in [0.717, 1.165) is 57.2 Å². The first-order valence-electron chi connectivity index (χ1n) is 10.6. The molecule has 2 aliphatic rings. The Morgan fingerprint density at radius 1 is 0.964 bits per heavy atom. The smallest absolute Gasteiger partial charge is 0.222 e. The van der Waals surface area contributed by atoms with Crippen molar-refractivity contribution in [1.29, 1.82) is 0 Å². The lowest BCUT2D eigenvalue weighted by Crippen LogP contribution is -2.33. The molecule has 2 aliphatic heterocycles. The summed E-state index contributed by atoms with van der Waals surface area (Å²) in [6.07, 6.45) is 8.75. The maximum atomic E-state index is 4.56. The van der Waals surface area contributed by atoms with Crippen molar-refractivity contribution in [3.8, 4) is 0 Å². The zero-order valence-electron chi connectivity index (χ0n) is 17.1. The fourth-order valence-electron chi connectivity index (χ4n) is 4.30. The molecule has 8 heteroatoms. The molecule has 0 saturated carbocycles. The molecule has 0 unspecified atom stereocenters. The number of rotatable bonds is 7. The Morgan fingerprint density at radius 2 is 1.64 bits per heavy atom. The molecular formula is C20H32N8. The molecule has 0 spiro atoms. The number of hydrogen-bond donors (Lipinski definition) is 1. The standard InChI is InChI=1S/C20H32N8/c1-3-21-20-22-12-16(13-23-20)14-28-10-6-17(7-11-28)19-25-24-18(26(19)2)15-27-8-4-5-9-27/h12-13,17H,3-11,14-15H2,1-2H3,(H,21,22,23). The molecule has 2 saturated heterocycles. The third kappa shape index (κ3) is 4.50. The van der Waals surface area contributed by atoms with Gasteiger partial charge in [-0.1, -0.05) is 0 Å². The third-order valence-electron chi connectivity index (χ3n) is 5.96. The van der Waals surface area contributed by atoms with E-state index in [4.69, 9.17) is 0 Å². The second kappa shape index (κ2) is 8.96. The molecule has 0 aromatic carbocycles. The van der Waals surface area contributed by atoms with E-state index in [1.54, 1.807) is 0 Å². The molecule has 0 bridgehead atoms. The molecule has 4 heterocycles.